The predicted molar refractivity (Wildman–Crippen MR) is 440 cm³/mol. The smallest absolute Gasteiger partial charge is 0.408 e. The Labute approximate surface area is 721 Å². The van der Waals surface area contributed by atoms with Crippen LogP contribution in [-0.4, -0.2) is 211 Å². The second-order valence-corrected chi connectivity index (χ2v) is 30.2. The number of nitrogens with one attached hydrogen (secondary N) is 1. The lowest BCUT2D eigenvalue weighted by Gasteiger charge is -2.51. The molecule has 1 N–H and O–H groups in total. The quantitative estimate of drug-likeness (QED) is 0.0123. The van der Waals surface area contributed by atoms with E-state index in [2.05, 4.69) is 25.4 Å². The Kier molecular flexibility index (Phi) is 32.2. The van der Waals surface area contributed by atoms with Gasteiger partial charge in [-0.2, -0.15) is 0 Å². The Hall–Kier alpha value is -11.1. The van der Waals surface area contributed by atoms with Gasteiger partial charge in [-0.25, -0.2) is 24.0 Å². The number of hydrogen-bond donors (Lipinski definition) is 1. The molecular weight excluding hydrogens is 1620 g/mol. The number of azide groups is 2. The highest BCUT2D eigenvalue weighted by Gasteiger charge is 2.63. The molecule has 33 heteroatoms. The van der Waals surface area contributed by atoms with Gasteiger partial charge in [-0.15, -0.1) is 0 Å². The lowest BCUT2D eigenvalue weighted by molar-refractivity contribution is -0.379. The Balaban J connectivity index is 0.824. The molecule has 6 saturated heterocycles. The zero-order chi connectivity index (χ0) is 87.0. The summed E-state index contributed by atoms with van der Waals surface area (Å²) in [6, 6.07) is 67.2. The van der Waals surface area contributed by atoms with Crippen LogP contribution in [-0.2, 0) is 149 Å². The molecule has 0 bridgehead atoms. The van der Waals surface area contributed by atoms with Crippen LogP contribution >= 0.6 is 0 Å². The molecular formula is C92H99N7O26. The molecule has 8 aromatic carbocycles. The first-order valence-corrected chi connectivity index (χ1v) is 41.3. The summed E-state index contributed by atoms with van der Waals surface area (Å²) < 4.78 is 140. The number of esters is 4. The van der Waals surface area contributed by atoms with E-state index in [1.807, 2.05) is 134 Å². The molecule has 6 aliphatic rings. The zero-order valence-electron chi connectivity index (χ0n) is 69.2. The molecule has 125 heavy (non-hydrogen) atoms. The van der Waals surface area contributed by atoms with E-state index in [1.165, 1.54) is 19.2 Å². The lowest BCUT2D eigenvalue weighted by Crippen LogP contribution is -2.69. The standard InChI is InChI=1S/C92H99N7O26/c1-6-63-69(108-48-55-32-16-8-17-33-55)72(109-49-56-34-18-9-19-35-56)68(97-99-94)89(115-63)122-77-75(111-51-58-38-22-11-23-39-58)81(113-53-60-42-26-13-27-43-60)90(123-79(77)85(102)105-3)119-70-64(7-2)116-88(66-74(70)125-92(104)95-66)121-78-76(112-52-59-40-24-12-25-41-59)82(118-84(101)62-46-30-15-31-47-62)91(124-80(78)86(103)106-4)120-71-65(54-114-83(100)61-44-28-14-29-45-61)117-87(107-5)67(96-98-93)73(71)110-50-57-36-20-10-21-37-57/h8-47,63-82,87-91H,6-7,48-54H2,1-5H3,(H,95,104)/t63?,64?,65?,66?,67?,68?,69-,70-,71-,72+,73+,74+,75-,76+,77+,78+,79?,80?,81?,82?,87+,88-,89-,90+,91+/m0/s1. The highest BCUT2D eigenvalue weighted by molar-refractivity contribution is 5.90. The van der Waals surface area contributed by atoms with Crippen molar-refractivity contribution in [3.8, 4) is 0 Å². The first-order chi connectivity index (χ1) is 61.2. The van der Waals surface area contributed by atoms with Crippen LogP contribution in [0.1, 0.15) is 80.8 Å². The Bertz CT molecular complexity index is 4840. The van der Waals surface area contributed by atoms with Gasteiger partial charge in [-0.3, -0.25) is 0 Å². The Morgan fingerprint density at radius 3 is 1.14 bits per heavy atom. The van der Waals surface area contributed by atoms with Crippen molar-refractivity contribution < 1.29 is 123 Å². The van der Waals surface area contributed by atoms with Crippen molar-refractivity contribution in [1.82, 2.24) is 5.32 Å². The molecule has 1 amide bonds. The minimum Gasteiger partial charge on any atom is -0.467 e. The van der Waals surface area contributed by atoms with Crippen molar-refractivity contribution in [2.45, 2.75) is 220 Å². The monoisotopic (exact) mass is 1720 g/mol. The molecule has 658 valence electrons. The maximum absolute atomic E-state index is 15.1. The number of carbonyl (C=O) groups is 5. The fourth-order valence-corrected chi connectivity index (χ4v) is 16.0. The molecule has 14 rings (SSSR count). The highest BCUT2D eigenvalue weighted by Crippen LogP contribution is 2.43. The minimum absolute atomic E-state index is 0.0493. The van der Waals surface area contributed by atoms with Gasteiger partial charge in [-0.1, -0.05) is 242 Å². The van der Waals surface area contributed by atoms with Gasteiger partial charge in [0.1, 0.15) is 91.9 Å². The summed E-state index contributed by atoms with van der Waals surface area (Å²) in [5, 5.41) is 11.3. The summed E-state index contributed by atoms with van der Waals surface area (Å²) in [4.78, 5) is 80.0. The summed E-state index contributed by atoms with van der Waals surface area (Å²) in [5.41, 5.74) is 25.4. The number of alkyl carbamates (subject to hydrolysis) is 1. The molecule has 0 radical (unpaired) electrons. The third-order valence-electron chi connectivity index (χ3n) is 22.2. The molecule has 0 spiro atoms. The summed E-state index contributed by atoms with van der Waals surface area (Å²) in [5.74, 6) is -3.76. The van der Waals surface area contributed by atoms with Crippen LogP contribution in [0.5, 0.6) is 0 Å². The molecule has 6 fully saturated rings. The van der Waals surface area contributed by atoms with Gasteiger partial charge in [0.15, 0.2) is 55.9 Å². The van der Waals surface area contributed by atoms with Crippen molar-refractivity contribution >= 4 is 30.0 Å². The molecule has 10 unspecified atom stereocenters. The average molecular weight is 1720 g/mol. The van der Waals surface area contributed by atoms with E-state index in [9.17, 15) is 20.7 Å². The van der Waals surface area contributed by atoms with Gasteiger partial charge < -0.3 is 105 Å². The van der Waals surface area contributed by atoms with E-state index < -0.39 is 190 Å². The number of hydrogen-bond acceptors (Lipinski definition) is 28. The summed E-state index contributed by atoms with van der Waals surface area (Å²) in [6.07, 6.45) is -33.4. The molecule has 6 heterocycles. The first kappa shape index (κ1) is 90.1. The maximum Gasteiger partial charge on any atom is 0.408 e. The van der Waals surface area contributed by atoms with Crippen molar-refractivity contribution in [1.29, 1.82) is 0 Å². The van der Waals surface area contributed by atoms with Gasteiger partial charge in [-0.05, 0) is 81.6 Å². The number of carbonyl (C=O) groups excluding carboxylic acids is 5. The van der Waals surface area contributed by atoms with Crippen LogP contribution < -0.4 is 5.32 Å². The largest absolute Gasteiger partial charge is 0.467 e. The molecule has 6 aliphatic heterocycles. The van der Waals surface area contributed by atoms with E-state index in [0.29, 0.717) is 28.7 Å². The normalized spacial score (nSPS) is 30.0. The number of methoxy groups -OCH3 is 3. The summed E-state index contributed by atoms with van der Waals surface area (Å²) >= 11 is 0. The fraction of sp³-hybridized carbons (Fsp3) is 0.424. The summed E-state index contributed by atoms with van der Waals surface area (Å²) in [7, 11) is 3.58. The minimum atomic E-state index is -1.96. The maximum atomic E-state index is 15.1. The van der Waals surface area contributed by atoms with Crippen molar-refractivity contribution in [3.63, 3.8) is 0 Å². The SMILES string of the molecule is CCC1O[C@@H](O[C@H]2C(C(=O)OC)O[C@@H](O[C@H]3C(CC)O[C@@H](O[C@H]4C(C(=O)OC)O[C@@H](O[C@H]5C(COC(=O)c6ccccc6)O[C@@H](OC)C(N=[N+]=[N-])[C@H]5OCc5ccccc5)C(OC(=O)c5ccccc5)[C@@H]4OCc4ccccc4)C4NC(=O)O[C@H]43)C(OCc3ccccc3)[C@H]2OCc2ccccc2)C(N=[N+]=[N-])[C@@H](OCc2ccccc2)[C@H]1OCc1ccccc1. The second-order valence-electron chi connectivity index (χ2n) is 30.2. The van der Waals surface area contributed by atoms with Gasteiger partial charge in [0.25, 0.3) is 0 Å². The van der Waals surface area contributed by atoms with E-state index >= 15 is 14.4 Å². The predicted octanol–water partition coefficient (Wildman–Crippen LogP) is 12.4. The van der Waals surface area contributed by atoms with Gasteiger partial charge in [0, 0.05) is 16.9 Å². The molecule has 0 aromatic heterocycles. The number of benzene rings is 8. The number of amides is 1. The van der Waals surface area contributed by atoms with Crippen LogP contribution in [0.25, 0.3) is 20.9 Å². The van der Waals surface area contributed by atoms with Crippen molar-refractivity contribution in [2.24, 2.45) is 10.2 Å². The van der Waals surface area contributed by atoms with Crippen LogP contribution in [0.4, 0.5) is 4.79 Å². The van der Waals surface area contributed by atoms with E-state index in [-0.39, 0.29) is 57.2 Å². The van der Waals surface area contributed by atoms with E-state index in [4.69, 9.17) is 99.5 Å². The number of rotatable bonds is 38. The van der Waals surface area contributed by atoms with E-state index in [1.54, 1.807) is 110 Å². The van der Waals surface area contributed by atoms with Crippen LogP contribution in [0, 0.1) is 0 Å². The van der Waals surface area contributed by atoms with Gasteiger partial charge in [0.2, 0.25) is 0 Å². The number of ether oxygens (including phenoxy) is 21. The third-order valence-corrected chi connectivity index (χ3v) is 22.2. The van der Waals surface area contributed by atoms with Crippen LogP contribution in [0.3, 0.4) is 0 Å². The second kappa shape index (κ2) is 44.7. The van der Waals surface area contributed by atoms with Gasteiger partial charge in [0.05, 0.1) is 77.2 Å². The topological polar surface area (TPSA) is 389 Å². The first-order valence-electron chi connectivity index (χ1n) is 41.3. The highest BCUT2D eigenvalue weighted by atomic mass is 16.8. The zero-order valence-corrected chi connectivity index (χ0v) is 69.2. The molecule has 25 atom stereocenters. The average Bonchev–Trinajstić information content (AvgIpc) is 1.58. The molecule has 0 saturated carbocycles. The van der Waals surface area contributed by atoms with Crippen LogP contribution in [0.15, 0.2) is 253 Å². The van der Waals surface area contributed by atoms with Gasteiger partial charge >= 0.3 is 30.0 Å². The molecule has 33 nitrogen and oxygen atoms in total. The number of nitrogens with zero attached hydrogens (tertiary/aromatic N) is 6. The van der Waals surface area contributed by atoms with Crippen LogP contribution in [0.2, 0.25) is 0 Å². The third kappa shape index (κ3) is 22.6. The molecule has 0 aliphatic carbocycles. The summed E-state index contributed by atoms with van der Waals surface area (Å²) in [6.45, 7) is 2.63. The van der Waals surface area contributed by atoms with Crippen molar-refractivity contribution in [2.75, 3.05) is 27.9 Å². The fourth-order valence-electron chi connectivity index (χ4n) is 16.0. The van der Waals surface area contributed by atoms with E-state index in [0.717, 1.165) is 25.3 Å². The Morgan fingerprint density at radius 1 is 0.368 bits per heavy atom. The lowest BCUT2D eigenvalue weighted by atomic mass is 9.93. The number of fused-ring (bicyclic) bond motifs is 1. The molecule has 8 aromatic rings. The Morgan fingerprint density at radius 2 is 0.712 bits per heavy atom. The van der Waals surface area contributed by atoms with Crippen molar-refractivity contribution in [3.05, 3.63) is 308 Å².